The summed E-state index contributed by atoms with van der Waals surface area (Å²) in [6.07, 6.45) is 0. The normalized spacial score (nSPS) is 10.1. The molecular formula is C13H19N3O3. The predicted octanol–water partition coefficient (Wildman–Crippen LogP) is 0.532. The van der Waals surface area contributed by atoms with Crippen LogP contribution >= 0.6 is 0 Å². The molecule has 6 nitrogen and oxygen atoms in total. The van der Waals surface area contributed by atoms with Crippen molar-refractivity contribution >= 4 is 17.5 Å². The topological polar surface area (TPSA) is 93.4 Å². The van der Waals surface area contributed by atoms with Crippen LogP contribution in [0.3, 0.4) is 0 Å². The summed E-state index contributed by atoms with van der Waals surface area (Å²) in [7, 11) is 1.44. The number of hydrogen-bond donors (Lipinski definition) is 3. The number of ether oxygens (including phenoxy) is 1. The number of amides is 2. The average molecular weight is 265 g/mol. The molecule has 104 valence electrons. The monoisotopic (exact) mass is 265 g/mol. The molecule has 0 bridgehead atoms. The Morgan fingerprint density at radius 2 is 2.05 bits per heavy atom. The number of hydrogen-bond acceptors (Lipinski definition) is 4. The number of para-hydroxylation sites is 1. The highest BCUT2D eigenvalue weighted by molar-refractivity contribution is 6.00. The standard InChI is InChI=1S/C13H19N3O3/c1-8(2)16-11(17)7-15-13(18)9-5-4-6-10(14)12(9)19-3/h4-6,8H,7,14H2,1-3H3,(H,15,18)(H,16,17). The fourth-order valence-electron chi connectivity index (χ4n) is 1.59. The molecule has 0 aliphatic carbocycles. The molecule has 0 aliphatic heterocycles. The molecule has 0 radical (unpaired) electrons. The van der Waals surface area contributed by atoms with Gasteiger partial charge in [0.15, 0.2) is 5.75 Å². The Kier molecular flexibility index (Phi) is 5.17. The quantitative estimate of drug-likeness (QED) is 0.677. The summed E-state index contributed by atoms with van der Waals surface area (Å²) in [6.45, 7) is 3.61. The van der Waals surface area contributed by atoms with Gasteiger partial charge in [-0.1, -0.05) is 6.07 Å². The smallest absolute Gasteiger partial charge is 0.255 e. The van der Waals surface area contributed by atoms with Gasteiger partial charge < -0.3 is 21.1 Å². The van der Waals surface area contributed by atoms with Gasteiger partial charge in [-0.15, -0.1) is 0 Å². The number of nitrogens with one attached hydrogen (secondary N) is 2. The van der Waals surface area contributed by atoms with Gasteiger partial charge in [0, 0.05) is 6.04 Å². The van der Waals surface area contributed by atoms with E-state index in [1.165, 1.54) is 7.11 Å². The van der Waals surface area contributed by atoms with E-state index in [4.69, 9.17) is 10.5 Å². The lowest BCUT2D eigenvalue weighted by atomic mass is 10.1. The van der Waals surface area contributed by atoms with Gasteiger partial charge in [-0.25, -0.2) is 0 Å². The molecule has 0 saturated carbocycles. The summed E-state index contributed by atoms with van der Waals surface area (Å²) in [6, 6.07) is 4.92. The van der Waals surface area contributed by atoms with E-state index in [-0.39, 0.29) is 18.5 Å². The minimum Gasteiger partial charge on any atom is -0.494 e. The molecule has 6 heteroatoms. The Hall–Kier alpha value is -2.24. The van der Waals surface area contributed by atoms with E-state index in [1.54, 1.807) is 18.2 Å². The fourth-order valence-corrected chi connectivity index (χ4v) is 1.59. The number of benzene rings is 1. The van der Waals surface area contributed by atoms with Gasteiger partial charge in [0.2, 0.25) is 5.91 Å². The maximum Gasteiger partial charge on any atom is 0.255 e. The first-order valence-corrected chi connectivity index (χ1v) is 5.95. The zero-order valence-corrected chi connectivity index (χ0v) is 11.3. The molecule has 19 heavy (non-hydrogen) atoms. The second-order valence-electron chi connectivity index (χ2n) is 4.33. The first-order chi connectivity index (χ1) is 8.95. The van der Waals surface area contributed by atoms with Crippen molar-refractivity contribution in [3.63, 3.8) is 0 Å². The molecule has 0 atom stereocenters. The van der Waals surface area contributed by atoms with Crippen molar-refractivity contribution in [2.24, 2.45) is 0 Å². The summed E-state index contributed by atoms with van der Waals surface area (Å²) in [5, 5.41) is 5.20. The molecule has 1 aromatic carbocycles. The van der Waals surface area contributed by atoms with E-state index < -0.39 is 5.91 Å². The first kappa shape index (κ1) is 14.8. The lowest BCUT2D eigenvalue weighted by molar-refractivity contribution is -0.120. The van der Waals surface area contributed by atoms with Gasteiger partial charge in [0.25, 0.3) is 5.91 Å². The Morgan fingerprint density at radius 3 is 2.63 bits per heavy atom. The number of nitrogen functional groups attached to an aromatic ring is 1. The van der Waals surface area contributed by atoms with Crippen LogP contribution in [-0.2, 0) is 4.79 Å². The lowest BCUT2D eigenvalue weighted by Gasteiger charge is -2.12. The van der Waals surface area contributed by atoms with Crippen molar-refractivity contribution < 1.29 is 14.3 Å². The summed E-state index contributed by atoms with van der Waals surface area (Å²) in [5.74, 6) is -0.335. The summed E-state index contributed by atoms with van der Waals surface area (Å²) in [5.41, 5.74) is 6.39. The number of carbonyl (C=O) groups excluding carboxylic acids is 2. The van der Waals surface area contributed by atoms with Crippen molar-refractivity contribution in [3.8, 4) is 5.75 Å². The number of carbonyl (C=O) groups is 2. The average Bonchev–Trinajstić information content (AvgIpc) is 2.34. The van der Waals surface area contributed by atoms with E-state index in [0.29, 0.717) is 17.0 Å². The molecule has 0 unspecified atom stereocenters. The van der Waals surface area contributed by atoms with Crippen LogP contribution < -0.4 is 21.1 Å². The highest BCUT2D eigenvalue weighted by atomic mass is 16.5. The van der Waals surface area contributed by atoms with E-state index >= 15 is 0 Å². The molecule has 2 amide bonds. The van der Waals surface area contributed by atoms with Crippen LogP contribution in [0.4, 0.5) is 5.69 Å². The van der Waals surface area contributed by atoms with Crippen molar-refractivity contribution in [3.05, 3.63) is 23.8 Å². The van der Waals surface area contributed by atoms with Crippen LogP contribution in [-0.4, -0.2) is 31.5 Å². The first-order valence-electron chi connectivity index (χ1n) is 5.95. The molecule has 0 heterocycles. The van der Waals surface area contributed by atoms with Gasteiger partial charge in [-0.3, -0.25) is 9.59 Å². The second-order valence-corrected chi connectivity index (χ2v) is 4.33. The van der Waals surface area contributed by atoms with Gasteiger partial charge in [-0.2, -0.15) is 0 Å². The molecule has 0 fully saturated rings. The summed E-state index contributed by atoms with van der Waals surface area (Å²) in [4.78, 5) is 23.4. The molecule has 0 saturated heterocycles. The molecule has 0 spiro atoms. The number of nitrogens with two attached hydrogens (primary N) is 1. The van der Waals surface area contributed by atoms with Crippen LogP contribution in [0.1, 0.15) is 24.2 Å². The van der Waals surface area contributed by atoms with E-state index in [0.717, 1.165) is 0 Å². The van der Waals surface area contributed by atoms with Crippen LogP contribution in [0.25, 0.3) is 0 Å². The van der Waals surface area contributed by atoms with Gasteiger partial charge in [0.1, 0.15) is 0 Å². The molecule has 4 N–H and O–H groups in total. The van der Waals surface area contributed by atoms with Crippen molar-refractivity contribution in [2.75, 3.05) is 19.4 Å². The SMILES string of the molecule is COc1c(N)cccc1C(=O)NCC(=O)NC(C)C. The van der Waals surface area contributed by atoms with Crippen LogP contribution in [0.5, 0.6) is 5.75 Å². The number of anilines is 1. The zero-order valence-electron chi connectivity index (χ0n) is 11.3. The summed E-state index contributed by atoms with van der Waals surface area (Å²) < 4.78 is 5.08. The molecule has 0 aliphatic rings. The third-order valence-corrected chi connectivity index (χ3v) is 2.35. The Labute approximate surface area is 112 Å². The van der Waals surface area contributed by atoms with Crippen LogP contribution in [0.15, 0.2) is 18.2 Å². The van der Waals surface area contributed by atoms with Gasteiger partial charge in [-0.05, 0) is 26.0 Å². The van der Waals surface area contributed by atoms with Gasteiger partial charge >= 0.3 is 0 Å². The largest absolute Gasteiger partial charge is 0.494 e. The maximum atomic E-state index is 11.9. The minimum atomic E-state index is -0.400. The zero-order chi connectivity index (χ0) is 14.4. The summed E-state index contributed by atoms with van der Waals surface area (Å²) >= 11 is 0. The molecule has 1 aromatic rings. The highest BCUT2D eigenvalue weighted by Crippen LogP contribution is 2.25. The van der Waals surface area contributed by atoms with E-state index in [2.05, 4.69) is 10.6 Å². The van der Waals surface area contributed by atoms with E-state index in [9.17, 15) is 9.59 Å². The lowest BCUT2D eigenvalue weighted by Crippen LogP contribution is -2.39. The predicted molar refractivity (Wildman–Crippen MR) is 73.0 cm³/mol. The highest BCUT2D eigenvalue weighted by Gasteiger charge is 2.15. The van der Waals surface area contributed by atoms with Crippen molar-refractivity contribution in [1.29, 1.82) is 0 Å². The molecular weight excluding hydrogens is 246 g/mol. The molecule has 1 rings (SSSR count). The molecule has 0 aromatic heterocycles. The van der Waals surface area contributed by atoms with Crippen molar-refractivity contribution in [2.45, 2.75) is 19.9 Å². The Balaban J connectivity index is 2.69. The van der Waals surface area contributed by atoms with Crippen molar-refractivity contribution in [1.82, 2.24) is 10.6 Å². The van der Waals surface area contributed by atoms with Crippen LogP contribution in [0, 0.1) is 0 Å². The maximum absolute atomic E-state index is 11.9. The van der Waals surface area contributed by atoms with Gasteiger partial charge in [0.05, 0.1) is 24.9 Å². The third kappa shape index (κ3) is 4.17. The van der Waals surface area contributed by atoms with Crippen LogP contribution in [0.2, 0.25) is 0 Å². The minimum absolute atomic E-state index is 0.0336. The number of rotatable bonds is 5. The Bertz CT molecular complexity index is 472. The fraction of sp³-hybridized carbons (Fsp3) is 0.385. The van der Waals surface area contributed by atoms with E-state index in [1.807, 2.05) is 13.8 Å². The Morgan fingerprint density at radius 1 is 1.37 bits per heavy atom. The second kappa shape index (κ2) is 6.63. The third-order valence-electron chi connectivity index (χ3n) is 2.35. The number of methoxy groups -OCH3 is 1.